The molecule has 0 atom stereocenters. The minimum Gasteiger partial charge on any atom is -0.265 e. The largest absolute Gasteiger partial charge is 0.265 e. The number of hydrogen-bond donors (Lipinski definition) is 0. The van der Waals surface area contributed by atoms with Gasteiger partial charge in [-0.2, -0.15) is 0 Å². The highest BCUT2D eigenvalue weighted by molar-refractivity contribution is 5.79. The molecule has 0 aromatic carbocycles. The fourth-order valence-corrected chi connectivity index (χ4v) is 0.909. The van der Waals surface area contributed by atoms with Crippen molar-refractivity contribution in [2.45, 2.75) is 13.3 Å². The standard InChI is InChI=1S/C10H12N2/c1-3-10-7-9(5-6-12-10)8-11-4-2/h4-8H,2-3H2,1H3. The quantitative estimate of drug-likeness (QED) is 0.622. The second-order valence-electron chi connectivity index (χ2n) is 2.39. The maximum atomic E-state index is 4.18. The van der Waals surface area contributed by atoms with Crippen LogP contribution < -0.4 is 0 Å². The van der Waals surface area contributed by atoms with Crippen LogP contribution in [0, 0.1) is 0 Å². The van der Waals surface area contributed by atoms with E-state index in [1.54, 1.807) is 12.4 Å². The van der Waals surface area contributed by atoms with E-state index >= 15 is 0 Å². The van der Waals surface area contributed by atoms with E-state index in [-0.39, 0.29) is 0 Å². The average Bonchev–Trinajstić information content (AvgIpc) is 2.15. The number of aryl methyl sites for hydroxylation is 1. The van der Waals surface area contributed by atoms with Crippen LogP contribution in [0.1, 0.15) is 18.2 Å². The van der Waals surface area contributed by atoms with Gasteiger partial charge in [0.05, 0.1) is 0 Å². The average molecular weight is 160 g/mol. The Kier molecular flexibility index (Phi) is 3.20. The molecule has 12 heavy (non-hydrogen) atoms. The van der Waals surface area contributed by atoms with Gasteiger partial charge in [-0.1, -0.05) is 13.5 Å². The van der Waals surface area contributed by atoms with Crippen LogP contribution in [0.2, 0.25) is 0 Å². The topological polar surface area (TPSA) is 25.2 Å². The molecule has 0 N–H and O–H groups in total. The van der Waals surface area contributed by atoms with Gasteiger partial charge in [0.25, 0.3) is 0 Å². The first-order valence-corrected chi connectivity index (χ1v) is 3.96. The fourth-order valence-electron chi connectivity index (χ4n) is 0.909. The molecule has 0 radical (unpaired) electrons. The first kappa shape index (κ1) is 8.65. The molecule has 0 spiro atoms. The molecular formula is C10H12N2. The molecule has 0 aliphatic carbocycles. The van der Waals surface area contributed by atoms with E-state index in [4.69, 9.17) is 0 Å². The van der Waals surface area contributed by atoms with E-state index in [0.717, 1.165) is 17.7 Å². The summed E-state index contributed by atoms with van der Waals surface area (Å²) in [6.07, 6.45) is 6.04. The fraction of sp³-hybridized carbons (Fsp3) is 0.200. The Balaban J connectivity index is 2.86. The number of aromatic nitrogens is 1. The molecular weight excluding hydrogens is 148 g/mol. The second kappa shape index (κ2) is 4.44. The first-order chi connectivity index (χ1) is 5.86. The molecule has 2 heteroatoms. The highest BCUT2D eigenvalue weighted by Crippen LogP contribution is 1.99. The van der Waals surface area contributed by atoms with Crippen LogP contribution in [-0.4, -0.2) is 11.2 Å². The van der Waals surface area contributed by atoms with Crippen LogP contribution in [0.3, 0.4) is 0 Å². The number of rotatable bonds is 3. The summed E-state index contributed by atoms with van der Waals surface area (Å²) >= 11 is 0. The van der Waals surface area contributed by atoms with Gasteiger partial charge in [-0.15, -0.1) is 0 Å². The summed E-state index contributed by atoms with van der Waals surface area (Å²) in [6, 6.07) is 3.94. The minimum absolute atomic E-state index is 0.954. The number of hydrogen-bond acceptors (Lipinski definition) is 2. The molecule has 0 bridgehead atoms. The molecule has 1 rings (SSSR count). The van der Waals surface area contributed by atoms with Crippen molar-refractivity contribution in [2.75, 3.05) is 0 Å². The van der Waals surface area contributed by atoms with Crippen molar-refractivity contribution in [1.29, 1.82) is 0 Å². The molecule has 1 heterocycles. The summed E-state index contributed by atoms with van der Waals surface area (Å²) < 4.78 is 0. The van der Waals surface area contributed by atoms with Crippen LogP contribution in [0.4, 0.5) is 0 Å². The van der Waals surface area contributed by atoms with Crippen LogP contribution in [0.5, 0.6) is 0 Å². The van der Waals surface area contributed by atoms with E-state index in [1.165, 1.54) is 6.20 Å². The van der Waals surface area contributed by atoms with Crippen molar-refractivity contribution >= 4 is 6.21 Å². The Bertz CT molecular complexity index is 290. The van der Waals surface area contributed by atoms with Crippen molar-refractivity contribution in [3.8, 4) is 0 Å². The summed E-state index contributed by atoms with van der Waals surface area (Å²) in [5.74, 6) is 0. The predicted octanol–water partition coefficient (Wildman–Crippen LogP) is 2.21. The lowest BCUT2D eigenvalue weighted by molar-refractivity contribution is 1.03. The summed E-state index contributed by atoms with van der Waals surface area (Å²) in [5.41, 5.74) is 2.16. The van der Waals surface area contributed by atoms with Crippen LogP contribution >= 0.6 is 0 Å². The zero-order valence-corrected chi connectivity index (χ0v) is 7.20. The number of aliphatic imine (C=N–C) groups is 1. The van der Waals surface area contributed by atoms with E-state index in [1.807, 2.05) is 12.1 Å². The Labute approximate surface area is 72.7 Å². The van der Waals surface area contributed by atoms with Gasteiger partial charge in [0.1, 0.15) is 0 Å². The highest BCUT2D eigenvalue weighted by Gasteiger charge is 1.90. The molecule has 0 fully saturated rings. The van der Waals surface area contributed by atoms with Crippen molar-refractivity contribution in [1.82, 2.24) is 4.98 Å². The smallest absolute Gasteiger partial charge is 0.0407 e. The van der Waals surface area contributed by atoms with Crippen LogP contribution in [0.25, 0.3) is 0 Å². The van der Waals surface area contributed by atoms with Crippen LogP contribution in [0.15, 0.2) is 36.1 Å². The second-order valence-corrected chi connectivity index (χ2v) is 2.39. The van der Waals surface area contributed by atoms with Gasteiger partial charge >= 0.3 is 0 Å². The maximum Gasteiger partial charge on any atom is 0.0407 e. The third-order valence-electron chi connectivity index (χ3n) is 1.53. The summed E-state index contributed by atoms with van der Waals surface area (Å²) in [7, 11) is 0. The van der Waals surface area contributed by atoms with Crippen molar-refractivity contribution in [3.63, 3.8) is 0 Å². The van der Waals surface area contributed by atoms with Gasteiger partial charge < -0.3 is 0 Å². The van der Waals surface area contributed by atoms with Crippen molar-refractivity contribution in [3.05, 3.63) is 42.4 Å². The number of nitrogens with zero attached hydrogens (tertiary/aromatic N) is 2. The third-order valence-corrected chi connectivity index (χ3v) is 1.53. The summed E-state index contributed by atoms with van der Waals surface area (Å²) in [4.78, 5) is 8.11. The maximum absolute atomic E-state index is 4.18. The Morgan fingerprint density at radius 2 is 2.50 bits per heavy atom. The predicted molar refractivity (Wildman–Crippen MR) is 51.4 cm³/mol. The molecule has 0 aliphatic heterocycles. The van der Waals surface area contributed by atoms with Gasteiger partial charge in [0.2, 0.25) is 0 Å². The summed E-state index contributed by atoms with van der Waals surface area (Å²) in [6.45, 7) is 5.58. The van der Waals surface area contributed by atoms with E-state index in [2.05, 4.69) is 23.5 Å². The molecule has 0 amide bonds. The molecule has 0 unspecified atom stereocenters. The monoisotopic (exact) mass is 160 g/mol. The highest BCUT2D eigenvalue weighted by atomic mass is 14.7. The normalized spacial score (nSPS) is 10.4. The molecule has 2 nitrogen and oxygen atoms in total. The molecule has 0 aliphatic rings. The van der Waals surface area contributed by atoms with Gasteiger partial charge in [-0.05, 0) is 24.1 Å². The van der Waals surface area contributed by atoms with E-state index < -0.39 is 0 Å². The van der Waals surface area contributed by atoms with Crippen molar-refractivity contribution < 1.29 is 0 Å². The van der Waals surface area contributed by atoms with Gasteiger partial charge in [0.15, 0.2) is 0 Å². The molecule has 62 valence electrons. The van der Waals surface area contributed by atoms with Crippen molar-refractivity contribution in [2.24, 2.45) is 4.99 Å². The zero-order valence-electron chi connectivity index (χ0n) is 7.20. The lowest BCUT2D eigenvalue weighted by Crippen LogP contribution is -1.88. The van der Waals surface area contributed by atoms with Gasteiger partial charge in [-0.25, -0.2) is 0 Å². The molecule has 0 saturated carbocycles. The molecule has 1 aromatic heterocycles. The van der Waals surface area contributed by atoms with Gasteiger partial charge in [-0.3, -0.25) is 9.98 Å². The molecule has 1 aromatic rings. The van der Waals surface area contributed by atoms with Crippen LogP contribution in [-0.2, 0) is 6.42 Å². The Morgan fingerprint density at radius 3 is 3.17 bits per heavy atom. The zero-order chi connectivity index (χ0) is 8.81. The Hall–Kier alpha value is -1.44. The molecule has 0 saturated heterocycles. The lowest BCUT2D eigenvalue weighted by Gasteiger charge is -1.95. The van der Waals surface area contributed by atoms with E-state index in [0.29, 0.717) is 0 Å². The SMILES string of the molecule is C=CN=Cc1ccnc(CC)c1. The summed E-state index contributed by atoms with van der Waals surface area (Å²) in [5, 5.41) is 0. The first-order valence-electron chi connectivity index (χ1n) is 3.96. The van der Waals surface area contributed by atoms with E-state index in [9.17, 15) is 0 Å². The van der Waals surface area contributed by atoms with Gasteiger partial charge in [0, 0.05) is 24.3 Å². The number of pyridine rings is 1. The minimum atomic E-state index is 0.954. The Morgan fingerprint density at radius 1 is 1.67 bits per heavy atom. The third kappa shape index (κ3) is 2.31. The lowest BCUT2D eigenvalue weighted by atomic mass is 10.2.